The minimum Gasteiger partial charge on any atom is -0.478 e. The zero-order valence-electron chi connectivity index (χ0n) is 24.5. The van der Waals surface area contributed by atoms with Gasteiger partial charge in [-0.2, -0.15) is 0 Å². The standard InChI is InChI=1S/C32H46N4O5/c1-21-15-22-7-6-11-35-29(33-2)36-13-10-23(17-34-12-14-37)32(19-36)25(22)16-26-27(28(38)39)30(40,18-31(21,26)32)20-41-24-8-4-3-5-9-24/h10,13,21-25,34,37,40H,3-5,8-9,11-12,14-20H2,1-2H3,(H,33,35)(H,38,39)/t21-,22-,23-,25+,30+,31+,32+/m1/s1. The van der Waals surface area contributed by atoms with Gasteiger partial charge in [0.2, 0.25) is 0 Å². The van der Waals surface area contributed by atoms with E-state index in [2.05, 4.69) is 51.6 Å². The zero-order chi connectivity index (χ0) is 28.8. The van der Waals surface area contributed by atoms with Crippen molar-refractivity contribution in [3.63, 3.8) is 0 Å². The van der Waals surface area contributed by atoms with Gasteiger partial charge in [-0.25, -0.2) is 4.79 Å². The molecule has 2 aliphatic heterocycles. The molecule has 9 heteroatoms. The van der Waals surface area contributed by atoms with Crippen molar-refractivity contribution >= 4 is 11.9 Å². The first kappa shape index (κ1) is 28.7. The average molecular weight is 567 g/mol. The lowest BCUT2D eigenvalue weighted by Gasteiger charge is -2.62. The number of allylic oxidation sites excluding steroid dienone is 1. The molecular weight excluding hydrogens is 520 g/mol. The summed E-state index contributed by atoms with van der Waals surface area (Å²) in [6.45, 7) is 4.66. The van der Waals surface area contributed by atoms with Gasteiger partial charge < -0.3 is 35.6 Å². The van der Waals surface area contributed by atoms with Gasteiger partial charge >= 0.3 is 5.97 Å². The molecule has 3 fully saturated rings. The van der Waals surface area contributed by atoms with Gasteiger partial charge in [0.25, 0.3) is 0 Å². The minimum atomic E-state index is -1.55. The molecule has 41 heavy (non-hydrogen) atoms. The van der Waals surface area contributed by atoms with Crippen LogP contribution in [0.3, 0.4) is 0 Å². The summed E-state index contributed by atoms with van der Waals surface area (Å²) in [5.74, 6) is 7.15. The number of aliphatic carboxylic acids is 1. The number of carboxylic acids is 1. The molecule has 0 aromatic rings. The predicted octanol–water partition coefficient (Wildman–Crippen LogP) is 2.12. The Morgan fingerprint density at radius 3 is 2.85 bits per heavy atom. The number of aliphatic hydroxyl groups is 2. The highest BCUT2D eigenvalue weighted by molar-refractivity contribution is 5.92. The lowest BCUT2D eigenvalue weighted by Crippen LogP contribution is -2.64. The third-order valence-corrected chi connectivity index (χ3v) is 11.4. The molecule has 5 N–H and O–H groups in total. The predicted molar refractivity (Wildman–Crippen MR) is 156 cm³/mol. The Balaban J connectivity index is 1.50. The van der Waals surface area contributed by atoms with E-state index in [9.17, 15) is 20.1 Å². The van der Waals surface area contributed by atoms with Gasteiger partial charge in [-0.1, -0.05) is 44.1 Å². The maximum Gasteiger partial charge on any atom is 0.334 e. The van der Waals surface area contributed by atoms with Crippen molar-refractivity contribution < 1.29 is 24.9 Å². The number of aliphatic imine (C=N–C) groups is 1. The van der Waals surface area contributed by atoms with E-state index in [0.717, 1.165) is 43.6 Å². The summed E-state index contributed by atoms with van der Waals surface area (Å²) in [4.78, 5) is 19.8. The van der Waals surface area contributed by atoms with Crippen LogP contribution < -0.4 is 10.6 Å². The molecule has 4 aliphatic carbocycles. The lowest BCUT2D eigenvalue weighted by molar-refractivity contribution is -0.145. The molecular formula is C32H46N4O5. The fourth-order valence-corrected chi connectivity index (χ4v) is 9.94. The summed E-state index contributed by atoms with van der Waals surface area (Å²) >= 11 is 0. The summed E-state index contributed by atoms with van der Waals surface area (Å²) < 4.78 is 6.35. The van der Waals surface area contributed by atoms with E-state index >= 15 is 0 Å². The van der Waals surface area contributed by atoms with Gasteiger partial charge in [0.15, 0.2) is 5.96 Å². The number of guanidine groups is 1. The van der Waals surface area contributed by atoms with Crippen molar-refractivity contribution in [2.45, 2.75) is 70.0 Å². The number of ether oxygens (including phenoxy) is 1. The molecule has 0 aromatic heterocycles. The second-order valence-electron chi connectivity index (χ2n) is 13.2. The summed E-state index contributed by atoms with van der Waals surface area (Å²) in [7, 11) is 1.78. The van der Waals surface area contributed by atoms with Crippen LogP contribution in [0.15, 0.2) is 28.4 Å². The Morgan fingerprint density at radius 1 is 1.32 bits per heavy atom. The number of fused-ring (bicyclic) bond motifs is 1. The quantitative estimate of drug-likeness (QED) is 0.224. The SMILES string of the molecule is CN=C1NCC#C[C@@H]2C[C@@H](C)[C@@]34C[C@](O)(COC5CCCCC5)C(C(=O)O)=C3C[C@@H]2[C@@]42CN1C=C[C@@H]2CNCCO. The highest BCUT2D eigenvalue weighted by Gasteiger charge is 2.76. The first-order valence-electron chi connectivity index (χ1n) is 15.6. The van der Waals surface area contributed by atoms with Crippen molar-refractivity contribution in [1.29, 1.82) is 0 Å². The monoisotopic (exact) mass is 566 g/mol. The normalized spacial score (nSPS) is 40.7. The lowest BCUT2D eigenvalue weighted by atomic mass is 9.44. The van der Waals surface area contributed by atoms with Crippen molar-refractivity contribution in [2.75, 3.05) is 46.4 Å². The number of hydrogen-bond acceptors (Lipinski definition) is 6. The largest absolute Gasteiger partial charge is 0.478 e. The van der Waals surface area contributed by atoms with E-state index in [1.54, 1.807) is 7.05 Å². The van der Waals surface area contributed by atoms with Crippen LogP contribution in [-0.4, -0.2) is 90.3 Å². The molecule has 6 aliphatic rings. The summed E-state index contributed by atoms with van der Waals surface area (Å²) in [5.41, 5.74) is -1.36. The molecule has 5 bridgehead atoms. The Morgan fingerprint density at radius 2 is 2.12 bits per heavy atom. The second kappa shape index (κ2) is 11.0. The smallest absolute Gasteiger partial charge is 0.334 e. The molecule has 0 radical (unpaired) electrons. The molecule has 2 heterocycles. The van der Waals surface area contributed by atoms with E-state index in [4.69, 9.17) is 4.74 Å². The minimum absolute atomic E-state index is 0.0253. The van der Waals surface area contributed by atoms with Crippen LogP contribution in [-0.2, 0) is 9.53 Å². The van der Waals surface area contributed by atoms with Crippen molar-refractivity contribution in [3.8, 4) is 11.8 Å². The van der Waals surface area contributed by atoms with E-state index in [1.165, 1.54) is 6.42 Å². The van der Waals surface area contributed by atoms with Gasteiger partial charge in [-0.05, 0) is 55.4 Å². The molecule has 9 nitrogen and oxygen atoms in total. The molecule has 0 saturated heterocycles. The van der Waals surface area contributed by atoms with Gasteiger partial charge in [-0.15, -0.1) is 0 Å². The number of nitrogens with zero attached hydrogens (tertiary/aromatic N) is 2. The highest BCUT2D eigenvalue weighted by Crippen LogP contribution is 2.78. The number of rotatable bonds is 8. The summed E-state index contributed by atoms with van der Waals surface area (Å²) in [6.07, 6.45) is 11.6. The Hall–Kier alpha value is -2.38. The van der Waals surface area contributed by atoms with Crippen LogP contribution in [0.25, 0.3) is 0 Å². The molecule has 3 saturated carbocycles. The van der Waals surface area contributed by atoms with Gasteiger partial charge in [0, 0.05) is 49.6 Å². The first-order valence-corrected chi connectivity index (χ1v) is 15.6. The molecule has 0 unspecified atom stereocenters. The summed E-state index contributed by atoms with van der Waals surface area (Å²) in [5, 5.41) is 39.5. The molecule has 2 spiro atoms. The van der Waals surface area contributed by atoms with Crippen LogP contribution in [0.1, 0.15) is 58.3 Å². The maximum atomic E-state index is 13.1. The van der Waals surface area contributed by atoms with Crippen LogP contribution >= 0.6 is 0 Å². The van der Waals surface area contributed by atoms with Gasteiger partial charge in [-0.3, -0.25) is 4.99 Å². The second-order valence-corrected chi connectivity index (χ2v) is 13.2. The third-order valence-electron chi connectivity index (χ3n) is 11.4. The van der Waals surface area contributed by atoms with Crippen LogP contribution in [0, 0.1) is 46.3 Å². The molecule has 224 valence electrons. The molecule has 0 amide bonds. The Bertz CT molecular complexity index is 1200. The third kappa shape index (κ3) is 4.36. The van der Waals surface area contributed by atoms with Crippen LogP contribution in [0.2, 0.25) is 0 Å². The van der Waals surface area contributed by atoms with Crippen molar-refractivity contribution in [1.82, 2.24) is 15.5 Å². The average Bonchev–Trinajstić information content (AvgIpc) is 3.33. The summed E-state index contributed by atoms with van der Waals surface area (Å²) in [6, 6.07) is 0. The van der Waals surface area contributed by atoms with Crippen LogP contribution in [0.5, 0.6) is 0 Å². The van der Waals surface area contributed by atoms with Crippen LogP contribution in [0.4, 0.5) is 0 Å². The van der Waals surface area contributed by atoms with Crippen molar-refractivity contribution in [2.24, 2.45) is 39.5 Å². The molecule has 7 atom stereocenters. The van der Waals surface area contributed by atoms with Gasteiger partial charge in [0.05, 0.1) is 31.4 Å². The zero-order valence-corrected chi connectivity index (χ0v) is 24.5. The molecule has 6 rings (SSSR count). The topological polar surface area (TPSA) is 127 Å². The number of hydrogen-bond donors (Lipinski definition) is 5. The van der Waals surface area contributed by atoms with E-state index in [-0.39, 0.29) is 54.0 Å². The van der Waals surface area contributed by atoms with E-state index < -0.39 is 17.0 Å². The van der Waals surface area contributed by atoms with E-state index in [0.29, 0.717) is 39.0 Å². The highest BCUT2D eigenvalue weighted by atomic mass is 16.5. The molecule has 0 aromatic carbocycles. The first-order chi connectivity index (χ1) is 19.8. The number of nitrogens with one attached hydrogen (secondary N) is 2. The Labute approximate surface area is 243 Å². The number of carboxylic acid groups (broad SMARTS) is 1. The Kier molecular flexibility index (Phi) is 7.73. The van der Waals surface area contributed by atoms with Gasteiger partial charge in [0.1, 0.15) is 5.60 Å². The maximum absolute atomic E-state index is 13.1. The number of carbonyl (C=O) groups is 1. The fourth-order valence-electron chi connectivity index (χ4n) is 9.94. The van der Waals surface area contributed by atoms with E-state index in [1.807, 2.05) is 0 Å². The number of aliphatic hydroxyl groups excluding tert-OH is 1. The fraction of sp³-hybridized carbons (Fsp3) is 0.750. The van der Waals surface area contributed by atoms with Crippen molar-refractivity contribution in [3.05, 3.63) is 23.4 Å².